The Balaban J connectivity index is 1.69. The summed E-state index contributed by atoms with van der Waals surface area (Å²) < 4.78 is 5.71. The van der Waals surface area contributed by atoms with Gasteiger partial charge in [0.2, 0.25) is 5.91 Å². The number of hydrogen-bond acceptors (Lipinski definition) is 7. The number of nitrogens with one attached hydrogen (secondary N) is 3. The fraction of sp³-hybridized carbons (Fsp3) is 0.222. The molecule has 0 aliphatic carbocycles. The van der Waals surface area contributed by atoms with E-state index in [-0.39, 0.29) is 5.91 Å². The van der Waals surface area contributed by atoms with Crippen LogP contribution in [0.3, 0.4) is 0 Å². The molecule has 2 aromatic heterocycles. The average Bonchev–Trinajstić information content (AvgIpc) is 3.29. The van der Waals surface area contributed by atoms with Crippen molar-refractivity contribution in [3.05, 3.63) is 67.5 Å². The van der Waals surface area contributed by atoms with Crippen LogP contribution in [0.25, 0.3) is 22.0 Å². The Morgan fingerprint density at radius 2 is 1.83 bits per heavy atom. The van der Waals surface area contributed by atoms with Crippen LogP contribution < -0.4 is 20.3 Å². The van der Waals surface area contributed by atoms with Crippen molar-refractivity contribution in [2.45, 2.75) is 0 Å². The number of aromatic nitrogens is 3. The highest BCUT2D eigenvalue weighted by atomic mass is 16.5. The number of ether oxygens (including phenoxy) is 1. The number of benzene rings is 2. The number of pyridine rings is 1. The predicted octanol–water partition coefficient (Wildman–Crippen LogP) is 4.50. The highest BCUT2D eigenvalue weighted by Crippen LogP contribution is 2.39. The standard InChI is InChI=1S/C27H31N7O2/c1-6-26(35)29-22-16-23(25(36-5)17-24(22)34(4)14-13-33(2)3)30-27-20-8-7-19(15-21(20)31-32-27)18-9-11-28-12-10-18/h6-12,15-17H,1,13-14H2,2-5H3,(H,29,35)(H2,30,31,32). The molecule has 2 heterocycles. The van der Waals surface area contributed by atoms with Crippen molar-refractivity contribution < 1.29 is 9.53 Å². The van der Waals surface area contributed by atoms with E-state index in [2.05, 4.69) is 48.3 Å². The summed E-state index contributed by atoms with van der Waals surface area (Å²) in [5, 5.41) is 14.8. The first-order chi connectivity index (χ1) is 17.4. The summed E-state index contributed by atoms with van der Waals surface area (Å²) in [5.74, 6) is 0.990. The second kappa shape index (κ2) is 10.9. The molecule has 0 fully saturated rings. The fourth-order valence-corrected chi connectivity index (χ4v) is 3.87. The molecule has 4 aromatic rings. The summed E-state index contributed by atoms with van der Waals surface area (Å²) in [6.07, 6.45) is 4.80. The lowest BCUT2D eigenvalue weighted by molar-refractivity contribution is -0.111. The number of anilines is 4. The molecule has 9 heteroatoms. The third kappa shape index (κ3) is 5.47. The largest absolute Gasteiger partial charge is 0.494 e. The minimum atomic E-state index is -0.290. The van der Waals surface area contributed by atoms with Crippen molar-refractivity contribution >= 4 is 39.7 Å². The van der Waals surface area contributed by atoms with E-state index >= 15 is 0 Å². The lowest BCUT2D eigenvalue weighted by Crippen LogP contribution is -2.29. The monoisotopic (exact) mass is 485 g/mol. The number of rotatable bonds is 10. The molecule has 3 N–H and O–H groups in total. The van der Waals surface area contributed by atoms with Crippen LogP contribution >= 0.6 is 0 Å². The van der Waals surface area contributed by atoms with Gasteiger partial charge in [-0.2, -0.15) is 5.10 Å². The maximum Gasteiger partial charge on any atom is 0.247 e. The molecule has 0 aliphatic heterocycles. The number of aromatic amines is 1. The smallest absolute Gasteiger partial charge is 0.247 e. The lowest BCUT2D eigenvalue weighted by atomic mass is 10.1. The molecule has 1 amide bonds. The summed E-state index contributed by atoms with van der Waals surface area (Å²) in [4.78, 5) is 20.5. The summed E-state index contributed by atoms with van der Waals surface area (Å²) >= 11 is 0. The van der Waals surface area contributed by atoms with Gasteiger partial charge in [-0.3, -0.25) is 14.9 Å². The first-order valence-electron chi connectivity index (χ1n) is 11.6. The first kappa shape index (κ1) is 24.7. The molecular formula is C27H31N7O2. The molecule has 0 radical (unpaired) electrons. The number of carbonyl (C=O) groups is 1. The molecular weight excluding hydrogens is 454 g/mol. The van der Waals surface area contributed by atoms with Crippen molar-refractivity contribution in [2.75, 3.05) is 56.9 Å². The molecule has 186 valence electrons. The molecule has 0 unspecified atom stereocenters. The molecule has 4 rings (SSSR count). The number of methoxy groups -OCH3 is 1. The Hall–Kier alpha value is -4.37. The topological polar surface area (TPSA) is 98.4 Å². The van der Waals surface area contributed by atoms with Gasteiger partial charge in [-0.05, 0) is 61.6 Å². The zero-order valence-corrected chi connectivity index (χ0v) is 21.0. The third-order valence-corrected chi connectivity index (χ3v) is 5.88. The van der Waals surface area contributed by atoms with E-state index in [1.807, 2.05) is 57.5 Å². The average molecular weight is 486 g/mol. The molecule has 0 aliphatic rings. The number of nitrogens with zero attached hydrogens (tertiary/aromatic N) is 4. The van der Waals surface area contributed by atoms with Crippen LogP contribution in [0.2, 0.25) is 0 Å². The van der Waals surface area contributed by atoms with Crippen LogP contribution in [0.5, 0.6) is 5.75 Å². The van der Waals surface area contributed by atoms with Crippen LogP contribution in [-0.4, -0.2) is 67.3 Å². The highest BCUT2D eigenvalue weighted by Gasteiger charge is 2.17. The molecule has 2 aromatic carbocycles. The first-order valence-corrected chi connectivity index (χ1v) is 11.6. The third-order valence-electron chi connectivity index (χ3n) is 5.88. The normalized spacial score (nSPS) is 10.9. The van der Waals surface area contributed by atoms with E-state index in [0.29, 0.717) is 22.9 Å². The number of fused-ring (bicyclic) bond motifs is 1. The van der Waals surface area contributed by atoms with E-state index in [4.69, 9.17) is 4.74 Å². The van der Waals surface area contributed by atoms with Gasteiger partial charge in [0.25, 0.3) is 0 Å². The Bertz CT molecular complexity index is 1370. The Morgan fingerprint density at radius 3 is 2.53 bits per heavy atom. The van der Waals surface area contributed by atoms with Gasteiger partial charge in [-0.15, -0.1) is 0 Å². The van der Waals surface area contributed by atoms with Gasteiger partial charge in [-0.25, -0.2) is 0 Å². The molecule has 0 saturated heterocycles. The highest BCUT2D eigenvalue weighted by molar-refractivity contribution is 6.02. The second-order valence-electron chi connectivity index (χ2n) is 8.68. The molecule has 0 bridgehead atoms. The van der Waals surface area contributed by atoms with Crippen LogP contribution in [0.15, 0.2) is 67.5 Å². The number of carbonyl (C=O) groups excluding carboxylic acids is 1. The number of amides is 1. The zero-order valence-electron chi connectivity index (χ0n) is 21.0. The van der Waals surface area contributed by atoms with Crippen molar-refractivity contribution in [3.8, 4) is 16.9 Å². The van der Waals surface area contributed by atoms with Crippen molar-refractivity contribution in [1.29, 1.82) is 0 Å². The van der Waals surface area contributed by atoms with Gasteiger partial charge in [0.15, 0.2) is 5.82 Å². The SMILES string of the molecule is C=CC(=O)Nc1cc(Nc2n[nH]c3cc(-c4ccncc4)ccc23)c(OC)cc1N(C)CCN(C)C. The minimum Gasteiger partial charge on any atom is -0.494 e. The quantitative estimate of drug-likeness (QED) is 0.285. The second-order valence-corrected chi connectivity index (χ2v) is 8.68. The van der Waals surface area contributed by atoms with Crippen molar-refractivity contribution in [2.24, 2.45) is 0 Å². The van der Waals surface area contributed by atoms with Crippen LogP contribution in [0, 0.1) is 0 Å². The molecule has 0 atom stereocenters. The van der Waals surface area contributed by atoms with Gasteiger partial charge in [0, 0.05) is 44.0 Å². The van der Waals surface area contributed by atoms with Gasteiger partial charge < -0.3 is 25.2 Å². The minimum absolute atomic E-state index is 0.290. The predicted molar refractivity (Wildman–Crippen MR) is 146 cm³/mol. The summed E-state index contributed by atoms with van der Waals surface area (Å²) in [7, 11) is 7.65. The summed E-state index contributed by atoms with van der Waals surface area (Å²) in [6, 6.07) is 13.8. The summed E-state index contributed by atoms with van der Waals surface area (Å²) in [6.45, 7) is 5.20. The molecule has 9 nitrogen and oxygen atoms in total. The molecule has 0 spiro atoms. The van der Waals surface area contributed by atoms with Gasteiger partial charge in [0.05, 0.1) is 29.7 Å². The maximum atomic E-state index is 12.2. The molecule has 0 saturated carbocycles. The van der Waals surface area contributed by atoms with E-state index in [1.54, 1.807) is 19.5 Å². The van der Waals surface area contributed by atoms with Gasteiger partial charge in [-0.1, -0.05) is 12.6 Å². The number of hydrogen-bond donors (Lipinski definition) is 3. The van der Waals surface area contributed by atoms with Crippen molar-refractivity contribution in [1.82, 2.24) is 20.1 Å². The number of likely N-dealkylation sites (N-methyl/N-ethyl adjacent to an activating group) is 2. The number of H-pyrrole nitrogens is 1. The van der Waals surface area contributed by atoms with E-state index in [0.717, 1.165) is 40.8 Å². The maximum absolute atomic E-state index is 12.2. The van der Waals surface area contributed by atoms with Crippen molar-refractivity contribution in [3.63, 3.8) is 0 Å². The molecule has 36 heavy (non-hydrogen) atoms. The zero-order chi connectivity index (χ0) is 25.7. The van der Waals surface area contributed by atoms with Gasteiger partial charge >= 0.3 is 0 Å². The fourth-order valence-electron chi connectivity index (χ4n) is 3.87. The Labute approximate surface area is 210 Å². The van der Waals surface area contributed by atoms with Gasteiger partial charge in [0.1, 0.15) is 5.75 Å². The van der Waals surface area contributed by atoms with E-state index in [1.165, 1.54) is 6.08 Å². The Morgan fingerprint density at radius 1 is 1.06 bits per heavy atom. The van der Waals surface area contributed by atoms with Crippen LogP contribution in [-0.2, 0) is 4.79 Å². The van der Waals surface area contributed by atoms with E-state index in [9.17, 15) is 4.79 Å². The van der Waals surface area contributed by atoms with Crippen LogP contribution in [0.4, 0.5) is 22.9 Å². The van der Waals surface area contributed by atoms with Crippen LogP contribution in [0.1, 0.15) is 0 Å². The van der Waals surface area contributed by atoms with E-state index < -0.39 is 0 Å². The lowest BCUT2D eigenvalue weighted by Gasteiger charge is -2.26. The Kier molecular flexibility index (Phi) is 7.50. The summed E-state index contributed by atoms with van der Waals surface area (Å²) in [5.41, 5.74) is 5.19.